The van der Waals surface area contributed by atoms with Gasteiger partial charge in [0, 0.05) is 24.3 Å². The summed E-state index contributed by atoms with van der Waals surface area (Å²) < 4.78 is 0. The van der Waals surface area contributed by atoms with Gasteiger partial charge in [0.2, 0.25) is 0 Å². The standard InChI is InChI=1S/C24H49NO2/c1-3-4-5-6-7-8-9-10-11-12-13-14-15-16-17-18-23(25)24(2,19-21-26)20-22-27/h18,26-27H,3-17,19-22,25H2,1-2H3. The van der Waals surface area contributed by atoms with Gasteiger partial charge < -0.3 is 15.9 Å². The molecule has 0 aliphatic carbocycles. The Morgan fingerprint density at radius 3 is 1.44 bits per heavy atom. The normalized spacial score (nSPS) is 12.7. The van der Waals surface area contributed by atoms with Crippen molar-refractivity contribution in [3.05, 3.63) is 11.8 Å². The van der Waals surface area contributed by atoms with Crippen LogP contribution in [0.1, 0.15) is 123 Å². The molecule has 0 rings (SSSR count). The summed E-state index contributed by atoms with van der Waals surface area (Å²) in [5, 5.41) is 18.4. The van der Waals surface area contributed by atoms with Gasteiger partial charge in [-0.2, -0.15) is 0 Å². The average molecular weight is 384 g/mol. The zero-order valence-electron chi connectivity index (χ0n) is 18.5. The molecule has 0 aromatic heterocycles. The molecule has 0 aliphatic rings. The van der Waals surface area contributed by atoms with Crippen LogP contribution >= 0.6 is 0 Å². The zero-order chi connectivity index (χ0) is 20.2. The number of unbranched alkanes of at least 4 members (excludes halogenated alkanes) is 14. The summed E-state index contributed by atoms with van der Waals surface area (Å²) in [6.45, 7) is 4.55. The summed E-state index contributed by atoms with van der Waals surface area (Å²) in [5.41, 5.74) is 6.79. The number of aliphatic hydroxyl groups excluding tert-OH is 2. The van der Waals surface area contributed by atoms with Crippen molar-refractivity contribution < 1.29 is 10.2 Å². The van der Waals surface area contributed by atoms with Gasteiger partial charge in [-0.1, -0.05) is 103 Å². The van der Waals surface area contributed by atoms with Gasteiger partial charge in [0.05, 0.1) is 0 Å². The number of nitrogens with two attached hydrogens (primary N) is 1. The maximum Gasteiger partial charge on any atom is 0.0439 e. The van der Waals surface area contributed by atoms with Gasteiger partial charge in [-0.15, -0.1) is 0 Å². The molecular formula is C24H49NO2. The first-order valence-electron chi connectivity index (χ1n) is 11.8. The van der Waals surface area contributed by atoms with Crippen molar-refractivity contribution >= 4 is 0 Å². The monoisotopic (exact) mass is 383 g/mol. The van der Waals surface area contributed by atoms with E-state index < -0.39 is 0 Å². The van der Waals surface area contributed by atoms with Crippen LogP contribution in [0.3, 0.4) is 0 Å². The number of hydrogen-bond donors (Lipinski definition) is 3. The third-order valence-electron chi connectivity index (χ3n) is 5.95. The molecule has 0 aromatic carbocycles. The van der Waals surface area contributed by atoms with Crippen LogP contribution in [0.4, 0.5) is 0 Å². The van der Waals surface area contributed by atoms with Crippen LogP contribution in [0.25, 0.3) is 0 Å². The van der Waals surface area contributed by atoms with Crippen molar-refractivity contribution in [2.45, 2.75) is 123 Å². The molecular weight excluding hydrogens is 334 g/mol. The van der Waals surface area contributed by atoms with E-state index in [1.807, 2.05) is 6.92 Å². The van der Waals surface area contributed by atoms with Gasteiger partial charge in [-0.3, -0.25) is 0 Å². The lowest BCUT2D eigenvalue weighted by molar-refractivity contribution is 0.174. The van der Waals surface area contributed by atoms with Gasteiger partial charge in [0.15, 0.2) is 0 Å². The van der Waals surface area contributed by atoms with E-state index in [4.69, 9.17) is 5.73 Å². The lowest BCUT2D eigenvalue weighted by atomic mass is 9.80. The van der Waals surface area contributed by atoms with Crippen LogP contribution in [0, 0.1) is 5.41 Å². The second kappa shape index (κ2) is 18.8. The molecule has 0 aliphatic heterocycles. The minimum absolute atomic E-state index is 0.115. The summed E-state index contributed by atoms with van der Waals surface area (Å²) in [7, 11) is 0. The number of allylic oxidation sites excluding steroid dienone is 2. The fourth-order valence-electron chi connectivity index (χ4n) is 3.75. The van der Waals surface area contributed by atoms with E-state index in [1.54, 1.807) is 0 Å². The molecule has 0 atom stereocenters. The Hall–Kier alpha value is -0.540. The second-order valence-electron chi connectivity index (χ2n) is 8.55. The highest BCUT2D eigenvalue weighted by Crippen LogP contribution is 2.31. The Kier molecular flexibility index (Phi) is 18.4. The average Bonchev–Trinajstić information content (AvgIpc) is 2.65. The Morgan fingerprint density at radius 2 is 1.07 bits per heavy atom. The zero-order valence-corrected chi connectivity index (χ0v) is 18.5. The third kappa shape index (κ3) is 15.1. The van der Waals surface area contributed by atoms with Crippen molar-refractivity contribution in [3.8, 4) is 0 Å². The molecule has 0 aromatic rings. The molecule has 0 heterocycles. The van der Waals surface area contributed by atoms with Crippen LogP contribution in [-0.4, -0.2) is 23.4 Å². The second-order valence-corrected chi connectivity index (χ2v) is 8.55. The Labute approximate surface area is 169 Å². The highest BCUT2D eigenvalue weighted by molar-refractivity contribution is 5.09. The van der Waals surface area contributed by atoms with Crippen LogP contribution in [0.2, 0.25) is 0 Å². The molecule has 0 unspecified atom stereocenters. The minimum atomic E-state index is -0.264. The van der Waals surface area contributed by atoms with Crippen LogP contribution < -0.4 is 5.73 Å². The predicted molar refractivity (Wildman–Crippen MR) is 119 cm³/mol. The molecule has 4 N–H and O–H groups in total. The van der Waals surface area contributed by atoms with Crippen molar-refractivity contribution in [1.29, 1.82) is 0 Å². The molecule has 0 fully saturated rings. The van der Waals surface area contributed by atoms with E-state index in [0.29, 0.717) is 12.8 Å². The van der Waals surface area contributed by atoms with Crippen molar-refractivity contribution in [1.82, 2.24) is 0 Å². The molecule has 3 heteroatoms. The highest BCUT2D eigenvalue weighted by Gasteiger charge is 2.25. The quantitative estimate of drug-likeness (QED) is 0.211. The lowest BCUT2D eigenvalue weighted by Gasteiger charge is -2.29. The molecule has 0 radical (unpaired) electrons. The smallest absolute Gasteiger partial charge is 0.0439 e. The first kappa shape index (κ1) is 26.5. The summed E-state index contributed by atoms with van der Waals surface area (Å²) in [5.74, 6) is 0. The van der Waals surface area contributed by atoms with Gasteiger partial charge in [-0.25, -0.2) is 0 Å². The first-order valence-corrected chi connectivity index (χ1v) is 11.8. The molecule has 0 spiro atoms. The lowest BCUT2D eigenvalue weighted by Crippen LogP contribution is -2.27. The van der Waals surface area contributed by atoms with Gasteiger partial charge in [0.1, 0.15) is 0 Å². The Morgan fingerprint density at radius 1 is 0.704 bits per heavy atom. The fraction of sp³-hybridized carbons (Fsp3) is 0.917. The summed E-state index contributed by atoms with van der Waals surface area (Å²) >= 11 is 0. The minimum Gasteiger partial charge on any atom is -0.402 e. The Bertz CT molecular complexity index is 335. The predicted octanol–water partition coefficient (Wildman–Crippen LogP) is 6.47. The summed E-state index contributed by atoms with van der Waals surface area (Å²) in [6, 6.07) is 0. The molecule has 0 amide bonds. The molecule has 162 valence electrons. The van der Waals surface area contributed by atoms with Gasteiger partial charge >= 0.3 is 0 Å². The van der Waals surface area contributed by atoms with Crippen molar-refractivity contribution in [2.24, 2.45) is 11.1 Å². The number of rotatable bonds is 20. The van der Waals surface area contributed by atoms with E-state index in [9.17, 15) is 10.2 Å². The SMILES string of the molecule is CCCCCCCCCCCCCCCCC=C(N)C(C)(CCO)CCO. The van der Waals surface area contributed by atoms with E-state index in [0.717, 1.165) is 12.1 Å². The van der Waals surface area contributed by atoms with Crippen molar-refractivity contribution in [3.63, 3.8) is 0 Å². The van der Waals surface area contributed by atoms with Crippen LogP contribution in [0.15, 0.2) is 11.8 Å². The molecule has 0 saturated heterocycles. The number of aliphatic hydroxyl groups is 2. The topological polar surface area (TPSA) is 66.5 Å². The Balaban J connectivity index is 3.53. The van der Waals surface area contributed by atoms with Crippen molar-refractivity contribution in [2.75, 3.05) is 13.2 Å². The largest absolute Gasteiger partial charge is 0.402 e. The maximum atomic E-state index is 9.22. The van der Waals surface area contributed by atoms with E-state index >= 15 is 0 Å². The van der Waals surface area contributed by atoms with E-state index in [2.05, 4.69) is 13.0 Å². The molecule has 3 nitrogen and oxygen atoms in total. The third-order valence-corrected chi connectivity index (χ3v) is 5.95. The fourth-order valence-corrected chi connectivity index (χ4v) is 3.75. The molecule has 27 heavy (non-hydrogen) atoms. The summed E-state index contributed by atoms with van der Waals surface area (Å²) in [4.78, 5) is 0. The maximum absolute atomic E-state index is 9.22. The van der Waals surface area contributed by atoms with Gasteiger partial charge in [-0.05, 0) is 25.7 Å². The van der Waals surface area contributed by atoms with Gasteiger partial charge in [0.25, 0.3) is 0 Å². The van der Waals surface area contributed by atoms with Crippen LogP contribution in [-0.2, 0) is 0 Å². The van der Waals surface area contributed by atoms with Crippen LogP contribution in [0.5, 0.6) is 0 Å². The van der Waals surface area contributed by atoms with E-state index in [1.165, 1.54) is 89.9 Å². The molecule has 0 saturated carbocycles. The first-order chi connectivity index (χ1) is 13.1. The highest BCUT2D eigenvalue weighted by atomic mass is 16.3. The molecule has 0 bridgehead atoms. The summed E-state index contributed by atoms with van der Waals surface area (Å²) in [6.07, 6.45) is 23.7. The number of hydrogen-bond acceptors (Lipinski definition) is 3. The van der Waals surface area contributed by atoms with E-state index in [-0.39, 0.29) is 18.6 Å².